The average Bonchev–Trinajstić information content (AvgIpc) is 3.11. The van der Waals surface area contributed by atoms with Crippen molar-refractivity contribution in [3.05, 3.63) is 12.2 Å². The van der Waals surface area contributed by atoms with E-state index in [1.54, 1.807) is 6.33 Å². The van der Waals surface area contributed by atoms with E-state index >= 15 is 0 Å². The number of nitrogens with one attached hydrogen (secondary N) is 1. The molecule has 4 heteroatoms. The van der Waals surface area contributed by atoms with Crippen LogP contribution < -0.4 is 5.32 Å². The summed E-state index contributed by atoms with van der Waals surface area (Å²) in [5.74, 6) is 1.15. The standard InChI is InChI=1S/C15H28N4/c1-4-8-15(3,11-16-13-6-7-13)10-14-17-12-18-19(14)9-5-2/h12-13,16H,4-11H2,1-3H3. The maximum atomic E-state index is 4.47. The van der Waals surface area contributed by atoms with Crippen molar-refractivity contribution in [1.82, 2.24) is 20.1 Å². The van der Waals surface area contributed by atoms with E-state index in [0.29, 0.717) is 5.41 Å². The van der Waals surface area contributed by atoms with Gasteiger partial charge in [0.15, 0.2) is 0 Å². The Morgan fingerprint density at radius 1 is 1.37 bits per heavy atom. The van der Waals surface area contributed by atoms with Crippen LogP contribution in [0.25, 0.3) is 0 Å². The third-order valence-electron chi connectivity index (χ3n) is 3.96. The molecule has 2 rings (SSSR count). The van der Waals surface area contributed by atoms with Gasteiger partial charge in [0, 0.05) is 25.6 Å². The quantitative estimate of drug-likeness (QED) is 0.746. The van der Waals surface area contributed by atoms with Crippen molar-refractivity contribution in [3.8, 4) is 0 Å². The molecule has 1 unspecified atom stereocenters. The summed E-state index contributed by atoms with van der Waals surface area (Å²) >= 11 is 0. The lowest BCUT2D eigenvalue weighted by Crippen LogP contribution is -2.35. The summed E-state index contributed by atoms with van der Waals surface area (Å²) in [4.78, 5) is 4.47. The number of aromatic nitrogens is 3. The van der Waals surface area contributed by atoms with E-state index in [1.807, 2.05) is 0 Å². The zero-order valence-electron chi connectivity index (χ0n) is 12.7. The van der Waals surface area contributed by atoms with Crippen molar-refractivity contribution in [2.75, 3.05) is 6.54 Å². The van der Waals surface area contributed by atoms with Crippen LogP contribution in [0.5, 0.6) is 0 Å². The first-order valence-electron chi connectivity index (χ1n) is 7.77. The lowest BCUT2D eigenvalue weighted by molar-refractivity contribution is 0.264. The summed E-state index contributed by atoms with van der Waals surface area (Å²) in [7, 11) is 0. The molecule has 1 aromatic heterocycles. The number of hydrogen-bond donors (Lipinski definition) is 1. The Balaban J connectivity index is 1.98. The molecule has 108 valence electrons. The van der Waals surface area contributed by atoms with E-state index in [1.165, 1.54) is 25.7 Å². The molecule has 1 aromatic rings. The fourth-order valence-electron chi connectivity index (χ4n) is 2.73. The minimum Gasteiger partial charge on any atom is -0.313 e. The van der Waals surface area contributed by atoms with Gasteiger partial charge in [-0.25, -0.2) is 4.98 Å². The van der Waals surface area contributed by atoms with Gasteiger partial charge in [0.2, 0.25) is 0 Å². The monoisotopic (exact) mass is 264 g/mol. The predicted octanol–water partition coefficient (Wildman–Crippen LogP) is 2.79. The number of hydrogen-bond acceptors (Lipinski definition) is 3. The molecule has 1 atom stereocenters. The molecule has 0 aliphatic heterocycles. The van der Waals surface area contributed by atoms with E-state index in [2.05, 4.69) is 40.9 Å². The third kappa shape index (κ3) is 4.30. The topological polar surface area (TPSA) is 42.7 Å². The highest BCUT2D eigenvalue weighted by molar-refractivity contribution is 4.95. The first-order valence-corrected chi connectivity index (χ1v) is 7.77. The Bertz CT molecular complexity index is 383. The molecule has 4 nitrogen and oxygen atoms in total. The lowest BCUT2D eigenvalue weighted by Gasteiger charge is -2.29. The van der Waals surface area contributed by atoms with Gasteiger partial charge in [-0.15, -0.1) is 0 Å². The van der Waals surface area contributed by atoms with Gasteiger partial charge in [-0.05, 0) is 31.1 Å². The van der Waals surface area contributed by atoms with Crippen LogP contribution in [0.2, 0.25) is 0 Å². The molecular formula is C15H28N4. The molecule has 0 amide bonds. The highest BCUT2D eigenvalue weighted by Crippen LogP contribution is 2.29. The summed E-state index contributed by atoms with van der Waals surface area (Å²) in [5, 5.41) is 8.03. The summed E-state index contributed by atoms with van der Waals surface area (Å²) in [6.45, 7) is 8.92. The molecule has 1 aliphatic rings. The number of rotatable bonds is 9. The Kier molecular flexibility index (Phi) is 4.97. The van der Waals surface area contributed by atoms with Gasteiger partial charge in [-0.3, -0.25) is 4.68 Å². The summed E-state index contributed by atoms with van der Waals surface area (Å²) in [6, 6.07) is 0.782. The molecule has 1 N–H and O–H groups in total. The Hall–Kier alpha value is -0.900. The van der Waals surface area contributed by atoms with E-state index in [9.17, 15) is 0 Å². The maximum Gasteiger partial charge on any atom is 0.138 e. The van der Waals surface area contributed by atoms with E-state index in [-0.39, 0.29) is 0 Å². The molecule has 1 aliphatic carbocycles. The second-order valence-electron chi connectivity index (χ2n) is 6.29. The SMILES string of the molecule is CCCn1ncnc1CC(C)(CCC)CNC1CC1. The second-order valence-corrected chi connectivity index (χ2v) is 6.29. The molecule has 1 saturated carbocycles. The molecule has 0 aromatic carbocycles. The Labute approximate surface area is 117 Å². The van der Waals surface area contributed by atoms with E-state index in [4.69, 9.17) is 0 Å². The second kappa shape index (κ2) is 6.51. The largest absolute Gasteiger partial charge is 0.313 e. The highest BCUT2D eigenvalue weighted by Gasteiger charge is 2.29. The lowest BCUT2D eigenvalue weighted by atomic mass is 9.81. The van der Waals surface area contributed by atoms with Crippen molar-refractivity contribution in [1.29, 1.82) is 0 Å². The third-order valence-corrected chi connectivity index (χ3v) is 3.96. The van der Waals surface area contributed by atoms with Crippen molar-refractivity contribution in [2.24, 2.45) is 5.41 Å². The average molecular weight is 264 g/mol. The van der Waals surface area contributed by atoms with E-state index < -0.39 is 0 Å². The molecule has 19 heavy (non-hydrogen) atoms. The fourth-order valence-corrected chi connectivity index (χ4v) is 2.73. The molecule has 0 radical (unpaired) electrons. The zero-order valence-corrected chi connectivity index (χ0v) is 12.7. The van der Waals surface area contributed by atoms with Crippen LogP contribution in [0.3, 0.4) is 0 Å². The van der Waals surface area contributed by atoms with Gasteiger partial charge in [-0.2, -0.15) is 5.10 Å². The van der Waals surface area contributed by atoms with Crippen LogP contribution in [-0.4, -0.2) is 27.4 Å². The Morgan fingerprint density at radius 3 is 2.79 bits per heavy atom. The van der Waals surface area contributed by atoms with E-state index in [0.717, 1.165) is 37.8 Å². The summed E-state index contributed by atoms with van der Waals surface area (Å²) in [6.07, 6.45) is 9.02. The maximum absolute atomic E-state index is 4.47. The van der Waals surface area contributed by atoms with Gasteiger partial charge in [0.05, 0.1) is 0 Å². The molecule has 1 fully saturated rings. The summed E-state index contributed by atoms with van der Waals surface area (Å²) in [5.41, 5.74) is 0.301. The van der Waals surface area contributed by atoms with Gasteiger partial charge >= 0.3 is 0 Å². The molecule has 1 heterocycles. The predicted molar refractivity (Wildman–Crippen MR) is 78.1 cm³/mol. The van der Waals surface area contributed by atoms with Crippen LogP contribution in [0.1, 0.15) is 58.7 Å². The van der Waals surface area contributed by atoms with Crippen molar-refractivity contribution >= 4 is 0 Å². The zero-order chi connectivity index (χ0) is 13.7. The van der Waals surface area contributed by atoms with Gasteiger partial charge in [-0.1, -0.05) is 27.2 Å². The van der Waals surface area contributed by atoms with Crippen LogP contribution >= 0.6 is 0 Å². The smallest absolute Gasteiger partial charge is 0.138 e. The van der Waals surface area contributed by atoms with Gasteiger partial charge in [0.1, 0.15) is 12.2 Å². The van der Waals surface area contributed by atoms with Gasteiger partial charge < -0.3 is 5.32 Å². The van der Waals surface area contributed by atoms with Gasteiger partial charge in [0.25, 0.3) is 0 Å². The first kappa shape index (κ1) is 14.5. The minimum atomic E-state index is 0.301. The molecule has 0 bridgehead atoms. The van der Waals surface area contributed by atoms with Crippen molar-refractivity contribution in [3.63, 3.8) is 0 Å². The first-order chi connectivity index (χ1) is 9.17. The van der Waals surface area contributed by atoms with Crippen LogP contribution in [-0.2, 0) is 13.0 Å². The molecular weight excluding hydrogens is 236 g/mol. The van der Waals surface area contributed by atoms with Crippen LogP contribution in [0.15, 0.2) is 6.33 Å². The highest BCUT2D eigenvalue weighted by atomic mass is 15.3. The Morgan fingerprint density at radius 2 is 2.16 bits per heavy atom. The molecule has 0 saturated heterocycles. The fraction of sp³-hybridized carbons (Fsp3) is 0.867. The minimum absolute atomic E-state index is 0.301. The van der Waals surface area contributed by atoms with Crippen molar-refractivity contribution < 1.29 is 0 Å². The van der Waals surface area contributed by atoms with Crippen LogP contribution in [0.4, 0.5) is 0 Å². The normalized spacial score (nSPS) is 18.5. The number of aryl methyl sites for hydroxylation is 1. The molecule has 0 spiro atoms. The summed E-state index contributed by atoms with van der Waals surface area (Å²) < 4.78 is 2.07. The van der Waals surface area contributed by atoms with Crippen molar-refractivity contribution in [2.45, 2.75) is 71.9 Å². The van der Waals surface area contributed by atoms with Crippen LogP contribution in [0, 0.1) is 5.41 Å². The number of nitrogens with zero attached hydrogens (tertiary/aromatic N) is 3.